The van der Waals surface area contributed by atoms with E-state index in [2.05, 4.69) is 6.92 Å². The van der Waals surface area contributed by atoms with E-state index in [0.717, 1.165) is 19.3 Å². The van der Waals surface area contributed by atoms with Crippen molar-refractivity contribution >= 4 is 0 Å². The van der Waals surface area contributed by atoms with Gasteiger partial charge in [0.05, 0.1) is 0 Å². The summed E-state index contributed by atoms with van der Waals surface area (Å²) in [4.78, 5) is 0. The molecule has 15 heavy (non-hydrogen) atoms. The quantitative estimate of drug-likeness (QED) is 0.619. The molecular formula is C11H21F3O. The molecule has 0 amide bonds. The van der Waals surface area contributed by atoms with Gasteiger partial charge in [-0.25, -0.2) is 0 Å². The minimum Gasteiger partial charge on any atom is -0.384 e. The van der Waals surface area contributed by atoms with Gasteiger partial charge < -0.3 is 5.11 Å². The Hall–Kier alpha value is -0.250. The smallest absolute Gasteiger partial charge is 0.384 e. The Labute approximate surface area is 89.7 Å². The molecule has 0 saturated carbocycles. The molecule has 0 aliphatic carbocycles. The molecule has 0 spiro atoms. The van der Waals surface area contributed by atoms with Crippen molar-refractivity contribution in [2.45, 2.75) is 70.6 Å². The molecule has 1 atom stereocenters. The Morgan fingerprint density at radius 2 is 1.40 bits per heavy atom. The lowest BCUT2D eigenvalue weighted by Gasteiger charge is -2.13. The fourth-order valence-electron chi connectivity index (χ4n) is 1.46. The fraction of sp³-hybridized carbons (Fsp3) is 1.00. The summed E-state index contributed by atoms with van der Waals surface area (Å²) in [5.74, 6) is 0. The number of unbranched alkanes of at least 4 members (excludes halogenated alkanes) is 6. The third-order valence-corrected chi connectivity index (χ3v) is 2.46. The SMILES string of the molecule is CCCCCCCCC[C@H](O)C(F)(F)F. The summed E-state index contributed by atoms with van der Waals surface area (Å²) in [5, 5.41) is 8.70. The summed E-state index contributed by atoms with van der Waals surface area (Å²) in [7, 11) is 0. The number of hydrogen-bond acceptors (Lipinski definition) is 1. The van der Waals surface area contributed by atoms with Crippen molar-refractivity contribution in [1.82, 2.24) is 0 Å². The second-order valence-electron chi connectivity index (χ2n) is 3.97. The van der Waals surface area contributed by atoms with Crippen LogP contribution in [0.4, 0.5) is 13.2 Å². The largest absolute Gasteiger partial charge is 0.414 e. The Morgan fingerprint density at radius 1 is 0.933 bits per heavy atom. The summed E-state index contributed by atoms with van der Waals surface area (Å²) in [5.41, 5.74) is 0. The highest BCUT2D eigenvalue weighted by Gasteiger charge is 2.37. The fourth-order valence-corrected chi connectivity index (χ4v) is 1.46. The van der Waals surface area contributed by atoms with E-state index in [1.165, 1.54) is 19.3 Å². The van der Waals surface area contributed by atoms with E-state index in [1.807, 2.05) is 0 Å². The maximum atomic E-state index is 11.9. The predicted molar refractivity (Wildman–Crippen MR) is 54.7 cm³/mol. The molecule has 0 heterocycles. The Morgan fingerprint density at radius 3 is 1.87 bits per heavy atom. The normalized spacial score (nSPS) is 14.2. The van der Waals surface area contributed by atoms with Gasteiger partial charge in [0.2, 0.25) is 0 Å². The first-order valence-corrected chi connectivity index (χ1v) is 5.73. The van der Waals surface area contributed by atoms with Gasteiger partial charge in [0.1, 0.15) is 6.10 Å². The minimum absolute atomic E-state index is 0.155. The van der Waals surface area contributed by atoms with Crippen molar-refractivity contribution in [1.29, 1.82) is 0 Å². The van der Waals surface area contributed by atoms with Crippen LogP contribution in [-0.4, -0.2) is 17.4 Å². The first-order chi connectivity index (χ1) is 6.98. The second kappa shape index (κ2) is 7.97. The molecule has 0 bridgehead atoms. The molecule has 92 valence electrons. The monoisotopic (exact) mass is 226 g/mol. The van der Waals surface area contributed by atoms with Gasteiger partial charge in [0, 0.05) is 0 Å². The van der Waals surface area contributed by atoms with Crippen molar-refractivity contribution < 1.29 is 18.3 Å². The molecule has 0 aliphatic heterocycles. The second-order valence-corrected chi connectivity index (χ2v) is 3.97. The lowest BCUT2D eigenvalue weighted by atomic mass is 10.1. The van der Waals surface area contributed by atoms with Gasteiger partial charge >= 0.3 is 6.18 Å². The van der Waals surface area contributed by atoms with Crippen LogP contribution in [0, 0.1) is 0 Å². The highest BCUT2D eigenvalue weighted by atomic mass is 19.4. The molecule has 0 rings (SSSR count). The molecule has 0 saturated heterocycles. The van der Waals surface area contributed by atoms with E-state index >= 15 is 0 Å². The van der Waals surface area contributed by atoms with E-state index in [1.54, 1.807) is 0 Å². The van der Waals surface area contributed by atoms with Gasteiger partial charge in [-0.1, -0.05) is 51.9 Å². The van der Waals surface area contributed by atoms with E-state index in [4.69, 9.17) is 5.11 Å². The van der Waals surface area contributed by atoms with Crippen molar-refractivity contribution in [2.75, 3.05) is 0 Å². The number of alkyl halides is 3. The predicted octanol–water partition coefficient (Wildman–Crippen LogP) is 4.05. The van der Waals surface area contributed by atoms with Crippen LogP contribution in [0.15, 0.2) is 0 Å². The van der Waals surface area contributed by atoms with Crippen LogP contribution in [-0.2, 0) is 0 Å². The summed E-state index contributed by atoms with van der Waals surface area (Å²) in [6.45, 7) is 2.12. The molecule has 0 aromatic heterocycles. The van der Waals surface area contributed by atoms with Crippen molar-refractivity contribution in [2.24, 2.45) is 0 Å². The van der Waals surface area contributed by atoms with Gasteiger partial charge in [-0.2, -0.15) is 13.2 Å². The van der Waals surface area contributed by atoms with E-state index in [0.29, 0.717) is 6.42 Å². The van der Waals surface area contributed by atoms with Crippen LogP contribution in [0.3, 0.4) is 0 Å². The summed E-state index contributed by atoms with van der Waals surface area (Å²) in [6.07, 6.45) is 0.133. The molecule has 1 nitrogen and oxygen atoms in total. The molecule has 0 unspecified atom stereocenters. The minimum atomic E-state index is -4.44. The first-order valence-electron chi connectivity index (χ1n) is 5.73. The number of halogens is 3. The zero-order valence-corrected chi connectivity index (χ0v) is 9.32. The molecular weight excluding hydrogens is 205 g/mol. The van der Waals surface area contributed by atoms with Crippen LogP contribution < -0.4 is 0 Å². The standard InChI is InChI=1S/C11H21F3O/c1-2-3-4-5-6-7-8-9-10(15)11(12,13)14/h10,15H,2-9H2,1H3/t10-/m0/s1. The van der Waals surface area contributed by atoms with Gasteiger partial charge in [0.25, 0.3) is 0 Å². The van der Waals surface area contributed by atoms with Crippen LogP contribution in [0.5, 0.6) is 0 Å². The topological polar surface area (TPSA) is 20.2 Å². The van der Waals surface area contributed by atoms with Crippen LogP contribution in [0.2, 0.25) is 0 Å². The molecule has 1 N–H and O–H groups in total. The van der Waals surface area contributed by atoms with E-state index in [9.17, 15) is 13.2 Å². The number of aliphatic hydroxyl groups is 1. The molecule has 0 radical (unpaired) electrons. The zero-order chi connectivity index (χ0) is 11.7. The molecule has 0 fully saturated rings. The third kappa shape index (κ3) is 8.73. The Kier molecular flexibility index (Phi) is 7.83. The molecule has 0 aromatic carbocycles. The van der Waals surface area contributed by atoms with Crippen LogP contribution in [0.1, 0.15) is 58.3 Å². The maximum absolute atomic E-state index is 11.9. The number of hydrogen-bond donors (Lipinski definition) is 1. The highest BCUT2D eigenvalue weighted by molar-refractivity contribution is 4.64. The average Bonchev–Trinajstić information content (AvgIpc) is 2.14. The van der Waals surface area contributed by atoms with Gasteiger partial charge in [0.15, 0.2) is 0 Å². The van der Waals surface area contributed by atoms with E-state index < -0.39 is 12.3 Å². The van der Waals surface area contributed by atoms with Crippen LogP contribution >= 0.6 is 0 Å². The Bertz CT molecular complexity index is 145. The molecule has 4 heteroatoms. The van der Waals surface area contributed by atoms with Crippen molar-refractivity contribution in [3.63, 3.8) is 0 Å². The molecule has 0 aromatic rings. The summed E-state index contributed by atoms with van der Waals surface area (Å²) >= 11 is 0. The van der Waals surface area contributed by atoms with Crippen molar-refractivity contribution in [3.05, 3.63) is 0 Å². The summed E-state index contributed by atoms with van der Waals surface area (Å²) < 4.78 is 35.6. The van der Waals surface area contributed by atoms with Gasteiger partial charge in [-0.3, -0.25) is 0 Å². The summed E-state index contributed by atoms with van der Waals surface area (Å²) in [6, 6.07) is 0. The van der Waals surface area contributed by atoms with Crippen molar-refractivity contribution in [3.8, 4) is 0 Å². The lowest BCUT2D eigenvalue weighted by molar-refractivity contribution is -0.205. The number of aliphatic hydroxyl groups excluding tert-OH is 1. The van der Waals surface area contributed by atoms with E-state index in [-0.39, 0.29) is 6.42 Å². The Balaban J connectivity index is 3.24. The molecule has 0 aliphatic rings. The maximum Gasteiger partial charge on any atom is 0.414 e. The number of rotatable bonds is 8. The van der Waals surface area contributed by atoms with Gasteiger partial charge in [-0.15, -0.1) is 0 Å². The average molecular weight is 226 g/mol. The van der Waals surface area contributed by atoms with Crippen LogP contribution in [0.25, 0.3) is 0 Å². The highest BCUT2D eigenvalue weighted by Crippen LogP contribution is 2.24. The van der Waals surface area contributed by atoms with Gasteiger partial charge in [-0.05, 0) is 6.42 Å². The zero-order valence-electron chi connectivity index (χ0n) is 9.32. The lowest BCUT2D eigenvalue weighted by Crippen LogP contribution is -2.28. The first kappa shape index (κ1) is 14.8. The third-order valence-electron chi connectivity index (χ3n) is 2.46.